The summed E-state index contributed by atoms with van der Waals surface area (Å²) in [6, 6.07) is 5.18. The number of carbonyl (C=O) groups is 1. The molecule has 1 aromatic carbocycles. The molecule has 1 saturated carbocycles. The van der Waals surface area contributed by atoms with Crippen LogP contribution >= 0.6 is 0 Å². The number of carbonyl (C=O) groups excluding carboxylic acids is 1. The molecule has 5 heteroatoms. The van der Waals surface area contributed by atoms with Gasteiger partial charge in [0.15, 0.2) is 0 Å². The Balaban J connectivity index is 2.12. The second kappa shape index (κ2) is 6.13. The summed E-state index contributed by atoms with van der Waals surface area (Å²) in [4.78, 5) is 12.3. The molecule has 20 heavy (non-hydrogen) atoms. The van der Waals surface area contributed by atoms with Gasteiger partial charge in [-0.3, -0.25) is 4.79 Å². The zero-order chi connectivity index (χ0) is 14.6. The molecule has 2 N–H and O–H groups in total. The van der Waals surface area contributed by atoms with E-state index in [1.807, 2.05) is 0 Å². The number of nitrogens with one attached hydrogen (secondary N) is 1. The number of aliphatic hydroxyl groups is 1. The van der Waals surface area contributed by atoms with Crippen molar-refractivity contribution in [2.45, 2.75) is 31.3 Å². The lowest BCUT2D eigenvalue weighted by molar-refractivity contribution is 0.0448. The minimum Gasteiger partial charge on any atom is -0.496 e. The molecule has 1 amide bonds. The van der Waals surface area contributed by atoms with Crippen LogP contribution in [0.15, 0.2) is 18.2 Å². The van der Waals surface area contributed by atoms with Gasteiger partial charge in [-0.05, 0) is 25.0 Å². The molecule has 110 valence electrons. The van der Waals surface area contributed by atoms with Gasteiger partial charge in [0, 0.05) is 6.54 Å². The van der Waals surface area contributed by atoms with Crippen molar-refractivity contribution in [3.63, 3.8) is 0 Å². The fraction of sp³-hybridized carbons (Fsp3) is 0.533. The molecule has 2 rings (SSSR count). The van der Waals surface area contributed by atoms with Gasteiger partial charge in [-0.15, -0.1) is 0 Å². The Kier molecular flexibility index (Phi) is 4.49. The number of methoxy groups -OCH3 is 2. The van der Waals surface area contributed by atoms with E-state index >= 15 is 0 Å². The van der Waals surface area contributed by atoms with Crippen LogP contribution in [0.25, 0.3) is 0 Å². The molecule has 0 heterocycles. The van der Waals surface area contributed by atoms with Gasteiger partial charge in [-0.1, -0.05) is 18.9 Å². The van der Waals surface area contributed by atoms with Crippen molar-refractivity contribution in [1.29, 1.82) is 0 Å². The van der Waals surface area contributed by atoms with Gasteiger partial charge >= 0.3 is 0 Å². The van der Waals surface area contributed by atoms with Crippen LogP contribution in [0.5, 0.6) is 11.5 Å². The average Bonchev–Trinajstić information content (AvgIpc) is 2.91. The van der Waals surface area contributed by atoms with Crippen molar-refractivity contribution in [1.82, 2.24) is 5.32 Å². The van der Waals surface area contributed by atoms with Crippen molar-refractivity contribution in [2.75, 3.05) is 20.8 Å². The standard InChI is InChI=1S/C15H21NO4/c1-19-11-6-5-7-12(20-2)13(11)14(17)16-10-15(18)8-3-4-9-15/h5-7,18H,3-4,8-10H2,1-2H3,(H,16,17). The highest BCUT2D eigenvalue weighted by Gasteiger charge is 2.32. The first-order valence-electron chi connectivity index (χ1n) is 6.81. The van der Waals surface area contributed by atoms with Crippen molar-refractivity contribution >= 4 is 5.91 Å². The van der Waals surface area contributed by atoms with Crippen LogP contribution in [0.2, 0.25) is 0 Å². The molecule has 1 aliphatic carbocycles. The number of ether oxygens (including phenoxy) is 2. The van der Waals surface area contributed by atoms with Crippen molar-refractivity contribution in [2.24, 2.45) is 0 Å². The summed E-state index contributed by atoms with van der Waals surface area (Å²) in [5.41, 5.74) is -0.413. The van der Waals surface area contributed by atoms with Crippen LogP contribution < -0.4 is 14.8 Å². The first kappa shape index (κ1) is 14.7. The molecule has 5 nitrogen and oxygen atoms in total. The number of hydrogen-bond acceptors (Lipinski definition) is 4. The van der Waals surface area contributed by atoms with E-state index in [4.69, 9.17) is 9.47 Å². The minimum atomic E-state index is -0.773. The van der Waals surface area contributed by atoms with Gasteiger partial charge in [0.1, 0.15) is 17.1 Å². The van der Waals surface area contributed by atoms with Gasteiger partial charge in [-0.25, -0.2) is 0 Å². The summed E-state index contributed by atoms with van der Waals surface area (Å²) >= 11 is 0. The number of amides is 1. The first-order chi connectivity index (χ1) is 9.59. The summed E-state index contributed by atoms with van der Waals surface area (Å²) in [5, 5.41) is 13.0. The lowest BCUT2D eigenvalue weighted by atomic mass is 10.0. The molecule has 1 aliphatic rings. The third kappa shape index (κ3) is 3.04. The van der Waals surface area contributed by atoms with E-state index in [1.54, 1.807) is 18.2 Å². The normalized spacial score (nSPS) is 16.8. The predicted molar refractivity (Wildman–Crippen MR) is 75.3 cm³/mol. The molecule has 0 bridgehead atoms. The van der Waals surface area contributed by atoms with Gasteiger partial charge in [-0.2, -0.15) is 0 Å². The second-order valence-electron chi connectivity index (χ2n) is 5.15. The summed E-state index contributed by atoms with van der Waals surface area (Å²) in [5.74, 6) is 0.625. The van der Waals surface area contributed by atoms with E-state index in [9.17, 15) is 9.90 Å². The Morgan fingerprint density at radius 2 is 1.80 bits per heavy atom. The van der Waals surface area contributed by atoms with Crippen molar-refractivity contribution in [3.8, 4) is 11.5 Å². The maximum Gasteiger partial charge on any atom is 0.258 e. The molecular weight excluding hydrogens is 258 g/mol. The van der Waals surface area contributed by atoms with E-state index in [-0.39, 0.29) is 12.5 Å². The van der Waals surface area contributed by atoms with E-state index < -0.39 is 5.60 Å². The fourth-order valence-corrected chi connectivity index (χ4v) is 2.62. The van der Waals surface area contributed by atoms with Crippen LogP contribution in [0.4, 0.5) is 0 Å². The lowest BCUT2D eigenvalue weighted by Gasteiger charge is -2.23. The van der Waals surface area contributed by atoms with Gasteiger partial charge in [0.25, 0.3) is 5.91 Å². The minimum absolute atomic E-state index is 0.257. The average molecular weight is 279 g/mol. The monoisotopic (exact) mass is 279 g/mol. The Hall–Kier alpha value is -1.75. The van der Waals surface area contributed by atoms with Gasteiger partial charge in [0.05, 0.1) is 19.8 Å². The fourth-order valence-electron chi connectivity index (χ4n) is 2.62. The molecule has 0 aliphatic heterocycles. The Labute approximate surface area is 118 Å². The quantitative estimate of drug-likeness (QED) is 0.861. The Bertz CT molecular complexity index is 459. The SMILES string of the molecule is COc1cccc(OC)c1C(=O)NCC1(O)CCCC1. The third-order valence-corrected chi connectivity index (χ3v) is 3.77. The van der Waals surface area contributed by atoms with Gasteiger partial charge in [0.2, 0.25) is 0 Å². The molecule has 0 spiro atoms. The number of hydrogen-bond donors (Lipinski definition) is 2. The third-order valence-electron chi connectivity index (χ3n) is 3.77. The lowest BCUT2D eigenvalue weighted by Crippen LogP contribution is -2.40. The molecule has 0 saturated heterocycles. The van der Waals surface area contributed by atoms with Gasteiger partial charge < -0.3 is 19.9 Å². The summed E-state index contributed by atoms with van der Waals surface area (Å²) in [6.45, 7) is 0.257. The summed E-state index contributed by atoms with van der Waals surface area (Å²) < 4.78 is 10.4. The predicted octanol–water partition coefficient (Wildman–Crippen LogP) is 1.74. The van der Waals surface area contributed by atoms with E-state index in [0.29, 0.717) is 17.1 Å². The topological polar surface area (TPSA) is 67.8 Å². The van der Waals surface area contributed by atoms with E-state index in [2.05, 4.69) is 5.32 Å². The number of rotatable bonds is 5. The zero-order valence-electron chi connectivity index (χ0n) is 11.9. The van der Waals surface area contributed by atoms with Crippen molar-refractivity contribution < 1.29 is 19.4 Å². The van der Waals surface area contributed by atoms with Crippen molar-refractivity contribution in [3.05, 3.63) is 23.8 Å². The van der Waals surface area contributed by atoms with Crippen LogP contribution in [0.3, 0.4) is 0 Å². The largest absolute Gasteiger partial charge is 0.496 e. The molecule has 1 fully saturated rings. The molecule has 1 aromatic rings. The molecule has 0 atom stereocenters. The molecule has 0 radical (unpaired) electrons. The van der Waals surface area contributed by atoms with Crippen LogP contribution in [-0.4, -0.2) is 37.4 Å². The zero-order valence-corrected chi connectivity index (χ0v) is 11.9. The van der Waals surface area contributed by atoms with Crippen LogP contribution in [0, 0.1) is 0 Å². The van der Waals surface area contributed by atoms with Crippen LogP contribution in [-0.2, 0) is 0 Å². The molecular formula is C15H21NO4. The highest BCUT2D eigenvalue weighted by Crippen LogP contribution is 2.30. The Morgan fingerprint density at radius 1 is 1.25 bits per heavy atom. The highest BCUT2D eigenvalue weighted by molar-refractivity contribution is 5.99. The van der Waals surface area contributed by atoms with E-state index in [1.165, 1.54) is 14.2 Å². The molecule has 0 aromatic heterocycles. The van der Waals surface area contributed by atoms with Crippen LogP contribution in [0.1, 0.15) is 36.0 Å². The smallest absolute Gasteiger partial charge is 0.258 e. The number of benzene rings is 1. The second-order valence-corrected chi connectivity index (χ2v) is 5.15. The van der Waals surface area contributed by atoms with E-state index in [0.717, 1.165) is 25.7 Å². The Morgan fingerprint density at radius 3 is 2.30 bits per heavy atom. The highest BCUT2D eigenvalue weighted by atomic mass is 16.5. The maximum atomic E-state index is 12.3. The summed E-state index contributed by atoms with van der Waals surface area (Å²) in [6.07, 6.45) is 3.47. The molecule has 0 unspecified atom stereocenters. The first-order valence-corrected chi connectivity index (χ1v) is 6.81. The maximum absolute atomic E-state index is 12.3. The summed E-state index contributed by atoms with van der Waals surface area (Å²) in [7, 11) is 3.02.